The molecule has 2 N–H and O–H groups in total. The molecule has 5 heteroatoms. The molecule has 90 valence electrons. The van der Waals surface area contributed by atoms with Gasteiger partial charge in [-0.25, -0.2) is 0 Å². The molecule has 0 atom stereocenters. The Morgan fingerprint density at radius 3 is 2.75 bits per heavy atom. The van der Waals surface area contributed by atoms with Gasteiger partial charge >= 0.3 is 0 Å². The molecule has 0 spiro atoms. The summed E-state index contributed by atoms with van der Waals surface area (Å²) in [6.45, 7) is 7.27. The summed E-state index contributed by atoms with van der Waals surface area (Å²) in [6, 6.07) is 0. The molecule has 1 aliphatic heterocycles. The zero-order valence-electron chi connectivity index (χ0n) is 9.82. The number of aliphatic hydroxyl groups is 1. The lowest BCUT2D eigenvalue weighted by Gasteiger charge is -2.35. The molecular formula is C11H20N4O. The van der Waals surface area contributed by atoms with Crippen LogP contribution in [0.15, 0.2) is 6.20 Å². The zero-order valence-corrected chi connectivity index (χ0v) is 9.82. The van der Waals surface area contributed by atoms with E-state index in [-0.39, 0.29) is 6.61 Å². The Morgan fingerprint density at radius 2 is 2.12 bits per heavy atom. The van der Waals surface area contributed by atoms with Gasteiger partial charge in [0.1, 0.15) is 0 Å². The van der Waals surface area contributed by atoms with Gasteiger partial charge in [0.2, 0.25) is 0 Å². The maximum atomic E-state index is 8.88. The van der Waals surface area contributed by atoms with Gasteiger partial charge in [-0.2, -0.15) is 5.10 Å². The highest BCUT2D eigenvalue weighted by atomic mass is 16.3. The van der Waals surface area contributed by atoms with Crippen LogP contribution in [-0.4, -0.2) is 59.5 Å². The van der Waals surface area contributed by atoms with Crippen molar-refractivity contribution in [1.29, 1.82) is 0 Å². The van der Waals surface area contributed by atoms with Crippen molar-refractivity contribution in [3.8, 4) is 0 Å². The predicted octanol–water partition coefficient (Wildman–Crippen LogP) is 0.0864. The molecule has 16 heavy (non-hydrogen) atoms. The quantitative estimate of drug-likeness (QED) is 0.761. The fourth-order valence-electron chi connectivity index (χ4n) is 2.19. The number of aryl methyl sites for hydroxylation is 1. The number of hydrogen-bond acceptors (Lipinski definition) is 4. The van der Waals surface area contributed by atoms with Crippen LogP contribution in [0.4, 0.5) is 5.69 Å². The summed E-state index contributed by atoms with van der Waals surface area (Å²) in [6.07, 6.45) is 2.91. The van der Waals surface area contributed by atoms with Crippen molar-refractivity contribution < 1.29 is 5.11 Å². The minimum Gasteiger partial charge on any atom is -0.395 e. The molecule has 1 aliphatic rings. The van der Waals surface area contributed by atoms with E-state index < -0.39 is 0 Å². The Hall–Kier alpha value is -1.07. The van der Waals surface area contributed by atoms with E-state index in [1.807, 2.05) is 6.20 Å². The largest absolute Gasteiger partial charge is 0.395 e. The summed E-state index contributed by atoms with van der Waals surface area (Å²) < 4.78 is 0. The Kier molecular flexibility index (Phi) is 3.79. The molecular weight excluding hydrogens is 204 g/mol. The molecule has 0 aliphatic carbocycles. The van der Waals surface area contributed by atoms with Crippen LogP contribution in [0.2, 0.25) is 0 Å². The van der Waals surface area contributed by atoms with Gasteiger partial charge in [-0.15, -0.1) is 0 Å². The van der Waals surface area contributed by atoms with Crippen LogP contribution < -0.4 is 4.90 Å². The molecule has 1 saturated heterocycles. The van der Waals surface area contributed by atoms with Crippen LogP contribution in [0.5, 0.6) is 0 Å². The molecule has 1 aromatic heterocycles. The molecule has 5 nitrogen and oxygen atoms in total. The van der Waals surface area contributed by atoms with Gasteiger partial charge in [-0.1, -0.05) is 6.92 Å². The number of aliphatic hydroxyl groups excluding tert-OH is 1. The Balaban J connectivity index is 1.93. The predicted molar refractivity (Wildman–Crippen MR) is 63.7 cm³/mol. The fourth-order valence-corrected chi connectivity index (χ4v) is 2.19. The second kappa shape index (κ2) is 5.32. The third-order valence-electron chi connectivity index (χ3n) is 3.18. The summed E-state index contributed by atoms with van der Waals surface area (Å²) in [4.78, 5) is 4.67. The number of hydrogen-bond donors (Lipinski definition) is 2. The highest BCUT2D eigenvalue weighted by Crippen LogP contribution is 2.19. The topological polar surface area (TPSA) is 55.4 Å². The van der Waals surface area contributed by atoms with Crippen LogP contribution in [-0.2, 0) is 6.42 Å². The summed E-state index contributed by atoms with van der Waals surface area (Å²) in [5.74, 6) is 0. The van der Waals surface area contributed by atoms with Gasteiger partial charge in [0.15, 0.2) is 0 Å². The SMILES string of the molecule is CCc1[nH]ncc1N1CCN(CCO)CC1. The zero-order chi connectivity index (χ0) is 11.4. The average Bonchev–Trinajstić information content (AvgIpc) is 2.78. The Labute approximate surface area is 96.1 Å². The van der Waals surface area contributed by atoms with Crippen LogP contribution in [0, 0.1) is 0 Å². The number of nitrogens with one attached hydrogen (secondary N) is 1. The molecule has 0 radical (unpaired) electrons. The maximum Gasteiger partial charge on any atom is 0.0783 e. The number of nitrogens with zero attached hydrogens (tertiary/aromatic N) is 3. The van der Waals surface area contributed by atoms with E-state index in [4.69, 9.17) is 5.11 Å². The molecule has 1 fully saturated rings. The third-order valence-corrected chi connectivity index (χ3v) is 3.18. The smallest absolute Gasteiger partial charge is 0.0783 e. The van der Waals surface area contributed by atoms with E-state index in [1.54, 1.807) is 0 Å². The molecule has 2 heterocycles. The first-order valence-corrected chi connectivity index (χ1v) is 5.95. The van der Waals surface area contributed by atoms with E-state index >= 15 is 0 Å². The van der Waals surface area contributed by atoms with Crippen molar-refractivity contribution in [1.82, 2.24) is 15.1 Å². The van der Waals surface area contributed by atoms with E-state index in [2.05, 4.69) is 26.9 Å². The van der Waals surface area contributed by atoms with Gasteiger partial charge in [-0.3, -0.25) is 10.00 Å². The van der Waals surface area contributed by atoms with Gasteiger partial charge in [0, 0.05) is 32.7 Å². The summed E-state index contributed by atoms with van der Waals surface area (Å²) in [5.41, 5.74) is 2.46. The molecule has 0 amide bonds. The maximum absolute atomic E-state index is 8.88. The first-order valence-electron chi connectivity index (χ1n) is 5.95. The van der Waals surface area contributed by atoms with Crippen molar-refractivity contribution >= 4 is 5.69 Å². The monoisotopic (exact) mass is 224 g/mol. The van der Waals surface area contributed by atoms with Crippen LogP contribution in [0.1, 0.15) is 12.6 Å². The van der Waals surface area contributed by atoms with Crippen molar-refractivity contribution in [3.05, 3.63) is 11.9 Å². The van der Waals surface area contributed by atoms with Crippen molar-refractivity contribution in [2.75, 3.05) is 44.2 Å². The minimum absolute atomic E-state index is 0.256. The molecule has 1 aromatic rings. The van der Waals surface area contributed by atoms with Crippen molar-refractivity contribution in [2.45, 2.75) is 13.3 Å². The molecule has 0 saturated carbocycles. The lowest BCUT2D eigenvalue weighted by molar-refractivity contribution is 0.188. The number of aromatic amines is 1. The highest BCUT2D eigenvalue weighted by molar-refractivity contribution is 5.49. The van der Waals surface area contributed by atoms with Gasteiger partial charge < -0.3 is 10.0 Å². The number of aromatic nitrogens is 2. The Bertz CT molecular complexity index is 318. The van der Waals surface area contributed by atoms with Gasteiger partial charge in [-0.05, 0) is 6.42 Å². The van der Waals surface area contributed by atoms with E-state index in [1.165, 1.54) is 11.4 Å². The Morgan fingerprint density at radius 1 is 1.38 bits per heavy atom. The second-order valence-electron chi connectivity index (χ2n) is 4.14. The van der Waals surface area contributed by atoms with E-state index in [9.17, 15) is 0 Å². The standard InChI is InChI=1S/C11H20N4O/c1-2-10-11(9-12-13-10)15-5-3-14(4-6-15)7-8-16/h9,16H,2-8H2,1H3,(H,12,13). The molecule has 0 aromatic carbocycles. The lowest BCUT2D eigenvalue weighted by Crippen LogP contribution is -2.47. The minimum atomic E-state index is 0.256. The van der Waals surface area contributed by atoms with Crippen LogP contribution in [0.25, 0.3) is 0 Å². The molecule has 0 bridgehead atoms. The average molecular weight is 224 g/mol. The third kappa shape index (κ3) is 2.36. The first kappa shape index (κ1) is 11.4. The lowest BCUT2D eigenvalue weighted by atomic mass is 10.2. The van der Waals surface area contributed by atoms with Crippen molar-refractivity contribution in [3.63, 3.8) is 0 Å². The van der Waals surface area contributed by atoms with Crippen LogP contribution in [0.3, 0.4) is 0 Å². The van der Waals surface area contributed by atoms with Gasteiger partial charge in [0.05, 0.1) is 24.2 Å². The van der Waals surface area contributed by atoms with Crippen LogP contribution >= 0.6 is 0 Å². The second-order valence-corrected chi connectivity index (χ2v) is 4.14. The van der Waals surface area contributed by atoms with Crippen molar-refractivity contribution in [2.24, 2.45) is 0 Å². The highest BCUT2D eigenvalue weighted by Gasteiger charge is 2.19. The van der Waals surface area contributed by atoms with Gasteiger partial charge in [0.25, 0.3) is 0 Å². The normalized spacial score (nSPS) is 18.0. The first-order chi connectivity index (χ1) is 7.85. The van der Waals surface area contributed by atoms with E-state index in [0.29, 0.717) is 0 Å². The number of β-amino-alcohol motifs (C(OH)–C–C–N with tert-alkyl or cyclic N) is 1. The van der Waals surface area contributed by atoms with E-state index in [0.717, 1.165) is 39.1 Å². The molecule has 0 unspecified atom stereocenters. The summed E-state index contributed by atoms with van der Waals surface area (Å²) >= 11 is 0. The molecule has 2 rings (SSSR count). The number of piperazine rings is 1. The fraction of sp³-hybridized carbons (Fsp3) is 0.727. The number of H-pyrrole nitrogens is 1. The number of anilines is 1. The summed E-state index contributed by atoms with van der Waals surface area (Å²) in [5, 5.41) is 16.0. The summed E-state index contributed by atoms with van der Waals surface area (Å²) in [7, 11) is 0. The number of rotatable bonds is 4.